The van der Waals surface area contributed by atoms with E-state index >= 15 is 0 Å². The van der Waals surface area contributed by atoms with Crippen LogP contribution in [-0.4, -0.2) is 0 Å². The van der Waals surface area contributed by atoms with Crippen molar-refractivity contribution in [2.75, 3.05) is 0 Å². The van der Waals surface area contributed by atoms with Crippen LogP contribution in [0.3, 0.4) is 0 Å². The third-order valence-electron chi connectivity index (χ3n) is 1.15. The van der Waals surface area contributed by atoms with Gasteiger partial charge in [0, 0.05) is 14.7 Å². The molecule has 0 unspecified atom stereocenters. The van der Waals surface area contributed by atoms with Gasteiger partial charge in [-0.05, 0) is 6.07 Å². The summed E-state index contributed by atoms with van der Waals surface area (Å²) in [5, 5.41) is 0.974. The van der Waals surface area contributed by atoms with Gasteiger partial charge < -0.3 is 0 Å². The zero-order valence-corrected chi connectivity index (χ0v) is 9.37. The zero-order valence-electron chi connectivity index (χ0n) is 5.17. The van der Waals surface area contributed by atoms with Crippen LogP contribution in [0.2, 0.25) is 10.0 Å². The molecule has 0 fully saturated rings. The first kappa shape index (κ1) is 9.93. The Morgan fingerprint density at radius 3 is 1.55 bits per heavy atom. The molecule has 0 bridgehead atoms. The van der Waals surface area contributed by atoms with Gasteiger partial charge in [-0.25, -0.2) is 0 Å². The van der Waals surface area contributed by atoms with E-state index in [-0.39, 0.29) is 0 Å². The molecule has 1 aromatic carbocycles. The molecular formula is C6H4Cl2S3. The minimum atomic E-state index is 0.487. The molecule has 0 radical (unpaired) electrons. The molecule has 11 heavy (non-hydrogen) atoms. The number of halogens is 2. The van der Waals surface area contributed by atoms with E-state index in [1.807, 2.05) is 0 Å². The van der Waals surface area contributed by atoms with Crippen molar-refractivity contribution in [3.05, 3.63) is 16.1 Å². The van der Waals surface area contributed by atoms with E-state index in [9.17, 15) is 0 Å². The van der Waals surface area contributed by atoms with Crippen LogP contribution in [0.4, 0.5) is 0 Å². The Bertz CT molecular complexity index is 272. The highest BCUT2D eigenvalue weighted by atomic mass is 35.5. The average Bonchev–Trinajstić information content (AvgIpc) is 1.97. The van der Waals surface area contributed by atoms with Crippen LogP contribution in [0.15, 0.2) is 20.8 Å². The predicted octanol–water partition coefficient (Wildman–Crippen LogP) is 3.86. The molecule has 0 atom stereocenters. The van der Waals surface area contributed by atoms with Crippen molar-refractivity contribution in [1.29, 1.82) is 0 Å². The summed E-state index contributed by atoms with van der Waals surface area (Å²) in [4.78, 5) is 1.81. The maximum absolute atomic E-state index is 5.75. The largest absolute Gasteiger partial charge is 0.141 e. The molecule has 1 aromatic rings. The summed E-state index contributed by atoms with van der Waals surface area (Å²) in [6.45, 7) is 0. The Morgan fingerprint density at radius 2 is 1.18 bits per heavy atom. The van der Waals surface area contributed by atoms with E-state index in [2.05, 4.69) is 37.9 Å². The molecule has 0 aliphatic carbocycles. The predicted molar refractivity (Wildman–Crippen MR) is 58.2 cm³/mol. The van der Waals surface area contributed by atoms with Crippen LogP contribution in [0.25, 0.3) is 0 Å². The van der Waals surface area contributed by atoms with Gasteiger partial charge >= 0.3 is 0 Å². The van der Waals surface area contributed by atoms with Gasteiger partial charge in [0.1, 0.15) is 0 Å². The van der Waals surface area contributed by atoms with Gasteiger partial charge in [-0.2, -0.15) is 0 Å². The quantitative estimate of drug-likeness (QED) is 0.566. The highest BCUT2D eigenvalue weighted by molar-refractivity contribution is 7.85. The molecule has 0 saturated heterocycles. The Kier molecular flexibility index (Phi) is 3.35. The second kappa shape index (κ2) is 3.71. The molecule has 0 amide bonds. The minimum absolute atomic E-state index is 0.487. The van der Waals surface area contributed by atoms with Crippen molar-refractivity contribution in [2.45, 2.75) is 14.7 Å². The summed E-state index contributed by atoms with van der Waals surface area (Å²) in [5.74, 6) is 0. The summed E-state index contributed by atoms with van der Waals surface area (Å²) in [6.07, 6.45) is 0. The molecular weight excluding hydrogens is 239 g/mol. The van der Waals surface area contributed by atoms with Crippen LogP contribution in [0, 0.1) is 0 Å². The van der Waals surface area contributed by atoms with Crippen molar-refractivity contribution in [2.24, 2.45) is 0 Å². The fourth-order valence-corrected chi connectivity index (χ4v) is 1.86. The Balaban J connectivity index is 3.46. The monoisotopic (exact) mass is 242 g/mol. The van der Waals surface area contributed by atoms with Gasteiger partial charge in [0.25, 0.3) is 0 Å². The van der Waals surface area contributed by atoms with Crippen LogP contribution in [-0.2, 0) is 0 Å². The Labute approximate surface area is 91.5 Å². The second-order valence-corrected chi connectivity index (χ2v) is 4.04. The van der Waals surface area contributed by atoms with E-state index in [1.165, 1.54) is 0 Å². The lowest BCUT2D eigenvalue weighted by atomic mass is 10.3. The summed E-state index contributed by atoms with van der Waals surface area (Å²) >= 11 is 23.8. The molecule has 0 aromatic heterocycles. The molecule has 1 rings (SSSR count). The number of hydrogen-bond acceptors (Lipinski definition) is 3. The first-order valence-electron chi connectivity index (χ1n) is 2.63. The third-order valence-corrected chi connectivity index (χ3v) is 3.74. The van der Waals surface area contributed by atoms with Crippen molar-refractivity contribution in [3.63, 3.8) is 0 Å². The van der Waals surface area contributed by atoms with E-state index in [0.29, 0.717) is 24.7 Å². The minimum Gasteiger partial charge on any atom is -0.141 e. The summed E-state index contributed by atoms with van der Waals surface area (Å²) < 4.78 is 0. The van der Waals surface area contributed by atoms with Gasteiger partial charge in [0.2, 0.25) is 0 Å². The summed E-state index contributed by atoms with van der Waals surface area (Å²) in [5.41, 5.74) is 0. The van der Waals surface area contributed by atoms with Crippen LogP contribution >= 0.6 is 61.1 Å². The first-order chi connectivity index (χ1) is 5.04. The smallest absolute Gasteiger partial charge is 0.0566 e. The van der Waals surface area contributed by atoms with Crippen molar-refractivity contribution in [3.8, 4) is 0 Å². The molecule has 5 heteroatoms. The zero-order chi connectivity index (χ0) is 8.59. The summed E-state index contributed by atoms with van der Waals surface area (Å²) in [6, 6.07) is 1.59. The highest BCUT2D eigenvalue weighted by Gasteiger charge is 2.07. The average molecular weight is 243 g/mol. The van der Waals surface area contributed by atoms with Gasteiger partial charge in [0.15, 0.2) is 0 Å². The fraction of sp³-hybridized carbons (Fsp3) is 0. The SMILES string of the molecule is Sc1c(Cl)cc(Cl)c(S)c1S. The third kappa shape index (κ3) is 1.95. The van der Waals surface area contributed by atoms with E-state index < -0.39 is 0 Å². The molecule has 0 saturated carbocycles. The lowest BCUT2D eigenvalue weighted by Gasteiger charge is -2.05. The number of hydrogen-bond donors (Lipinski definition) is 3. The molecule has 0 spiro atoms. The van der Waals surface area contributed by atoms with E-state index in [0.717, 1.165) is 0 Å². The number of benzene rings is 1. The van der Waals surface area contributed by atoms with Gasteiger partial charge in [-0.1, -0.05) is 23.2 Å². The molecule has 0 N–H and O–H groups in total. The van der Waals surface area contributed by atoms with Crippen LogP contribution < -0.4 is 0 Å². The maximum Gasteiger partial charge on any atom is 0.0566 e. The molecule has 60 valence electrons. The molecule has 0 nitrogen and oxygen atoms in total. The van der Waals surface area contributed by atoms with E-state index in [4.69, 9.17) is 23.2 Å². The number of thiol groups is 3. The first-order valence-corrected chi connectivity index (χ1v) is 4.72. The number of rotatable bonds is 0. The van der Waals surface area contributed by atoms with Crippen molar-refractivity contribution < 1.29 is 0 Å². The lowest BCUT2D eigenvalue weighted by Crippen LogP contribution is -1.78. The Morgan fingerprint density at radius 1 is 0.818 bits per heavy atom. The molecule has 0 heterocycles. The van der Waals surface area contributed by atoms with Crippen LogP contribution in [0.1, 0.15) is 0 Å². The Hall–Kier alpha value is 0.850. The van der Waals surface area contributed by atoms with Crippen molar-refractivity contribution >= 4 is 61.1 Å². The lowest BCUT2D eigenvalue weighted by molar-refractivity contribution is 1.14. The van der Waals surface area contributed by atoms with Crippen LogP contribution in [0.5, 0.6) is 0 Å². The van der Waals surface area contributed by atoms with Crippen molar-refractivity contribution in [1.82, 2.24) is 0 Å². The maximum atomic E-state index is 5.75. The highest BCUT2D eigenvalue weighted by Crippen LogP contribution is 2.36. The van der Waals surface area contributed by atoms with Gasteiger partial charge in [0.05, 0.1) is 10.0 Å². The van der Waals surface area contributed by atoms with E-state index in [1.54, 1.807) is 6.07 Å². The standard InChI is InChI=1S/C6H4Cl2S3/c7-2-1-3(8)5(10)6(11)4(2)9/h1,9-11H. The topological polar surface area (TPSA) is 0 Å². The van der Waals surface area contributed by atoms with Gasteiger partial charge in [-0.15, -0.1) is 37.9 Å². The molecule has 0 aliphatic rings. The normalized spacial score (nSPS) is 10.3. The summed E-state index contributed by atoms with van der Waals surface area (Å²) in [7, 11) is 0. The molecule has 0 aliphatic heterocycles. The fourth-order valence-electron chi connectivity index (χ4n) is 0.586. The van der Waals surface area contributed by atoms with Gasteiger partial charge in [-0.3, -0.25) is 0 Å². The second-order valence-electron chi connectivity index (χ2n) is 1.89.